The number of aromatic nitrogens is 2. The van der Waals surface area contributed by atoms with Gasteiger partial charge in [0.15, 0.2) is 5.82 Å². The number of anilines is 2. The molecule has 0 saturated carbocycles. The van der Waals surface area contributed by atoms with Gasteiger partial charge in [-0.1, -0.05) is 12.1 Å². The van der Waals surface area contributed by atoms with E-state index in [0.29, 0.717) is 100 Å². The standard InChI is InChI=1S/C26H34FIN4O6/c27-4-5-33-6-7-34-8-9-35-10-11-36-12-13-37-14-15-38-24-18-23-21(17-22(24)29)25(30)32-26(31-23)19-2-1-3-20(28)16-19/h1-3,16-18H,4-15,29H2,(H2,30,31,32). The first-order chi connectivity index (χ1) is 18.6. The van der Waals surface area contributed by atoms with Crippen LogP contribution in [0.15, 0.2) is 36.4 Å². The second kappa shape index (κ2) is 17.3. The van der Waals surface area contributed by atoms with Gasteiger partial charge in [0, 0.05) is 20.6 Å². The molecule has 0 fully saturated rings. The molecule has 0 saturated heterocycles. The summed E-state index contributed by atoms with van der Waals surface area (Å²) in [5, 5.41) is 0.675. The minimum atomic E-state index is -0.481. The van der Waals surface area contributed by atoms with Crippen molar-refractivity contribution in [3.63, 3.8) is 0 Å². The van der Waals surface area contributed by atoms with E-state index in [1.807, 2.05) is 24.3 Å². The Balaban J connectivity index is 1.30. The lowest BCUT2D eigenvalue weighted by Gasteiger charge is -2.12. The molecule has 38 heavy (non-hydrogen) atoms. The average molecular weight is 644 g/mol. The molecule has 2 aromatic carbocycles. The Labute approximate surface area is 235 Å². The van der Waals surface area contributed by atoms with Crippen molar-refractivity contribution < 1.29 is 32.8 Å². The van der Waals surface area contributed by atoms with Gasteiger partial charge in [0.1, 0.15) is 24.8 Å². The van der Waals surface area contributed by atoms with Crippen molar-refractivity contribution in [3.8, 4) is 17.1 Å². The van der Waals surface area contributed by atoms with Crippen LogP contribution in [0.25, 0.3) is 22.3 Å². The van der Waals surface area contributed by atoms with E-state index in [1.165, 1.54) is 0 Å². The maximum Gasteiger partial charge on any atom is 0.162 e. The van der Waals surface area contributed by atoms with Crippen LogP contribution >= 0.6 is 22.6 Å². The molecule has 1 aromatic heterocycles. The normalized spacial score (nSPS) is 11.3. The number of benzene rings is 2. The van der Waals surface area contributed by atoms with Gasteiger partial charge in [0.25, 0.3) is 0 Å². The van der Waals surface area contributed by atoms with Crippen LogP contribution in [0.5, 0.6) is 5.75 Å². The third-order valence-corrected chi connectivity index (χ3v) is 5.81. The highest BCUT2D eigenvalue weighted by atomic mass is 127. The minimum absolute atomic E-state index is 0.106. The average Bonchev–Trinajstić information content (AvgIpc) is 2.91. The molecule has 0 aliphatic carbocycles. The van der Waals surface area contributed by atoms with Crippen LogP contribution in [-0.4, -0.2) is 89.3 Å². The predicted molar refractivity (Wildman–Crippen MR) is 152 cm³/mol. The first kappa shape index (κ1) is 30.2. The summed E-state index contributed by atoms with van der Waals surface area (Å²) in [4.78, 5) is 9.11. The number of rotatable bonds is 19. The lowest BCUT2D eigenvalue weighted by Crippen LogP contribution is -2.14. The number of alkyl halides is 1. The lowest BCUT2D eigenvalue weighted by molar-refractivity contribution is -0.0132. The predicted octanol–water partition coefficient (Wildman–Crippen LogP) is 3.50. The molecule has 0 radical (unpaired) electrons. The number of halogens is 2. The van der Waals surface area contributed by atoms with Crippen LogP contribution in [0.1, 0.15) is 0 Å². The highest BCUT2D eigenvalue weighted by Crippen LogP contribution is 2.31. The molecule has 0 bridgehead atoms. The summed E-state index contributed by atoms with van der Waals surface area (Å²) in [6.45, 7) is 3.85. The zero-order valence-electron chi connectivity index (χ0n) is 21.2. The Bertz CT molecular complexity index is 1130. The van der Waals surface area contributed by atoms with E-state index in [0.717, 1.165) is 9.13 Å². The van der Waals surface area contributed by atoms with Crippen molar-refractivity contribution in [2.24, 2.45) is 0 Å². The summed E-state index contributed by atoms with van der Waals surface area (Å²) >= 11 is 2.25. The molecule has 3 rings (SSSR count). The molecule has 3 aromatic rings. The van der Waals surface area contributed by atoms with E-state index in [1.54, 1.807) is 12.1 Å². The Hall–Kier alpha value is -2.36. The summed E-state index contributed by atoms with van der Waals surface area (Å²) in [6, 6.07) is 11.4. The van der Waals surface area contributed by atoms with E-state index < -0.39 is 6.67 Å². The van der Waals surface area contributed by atoms with Crippen LogP contribution in [0.3, 0.4) is 0 Å². The molecule has 0 unspecified atom stereocenters. The van der Waals surface area contributed by atoms with Crippen LogP contribution in [0, 0.1) is 3.57 Å². The number of ether oxygens (including phenoxy) is 6. The number of nitrogen functional groups attached to an aromatic ring is 2. The van der Waals surface area contributed by atoms with E-state index in [4.69, 9.17) is 39.9 Å². The molecule has 0 spiro atoms. The monoisotopic (exact) mass is 644 g/mol. The minimum Gasteiger partial charge on any atom is -0.489 e. The summed E-state index contributed by atoms with van der Waals surface area (Å²) in [5.41, 5.74) is 14.3. The molecule has 12 heteroatoms. The van der Waals surface area contributed by atoms with Crippen molar-refractivity contribution in [1.29, 1.82) is 0 Å². The second-order valence-electron chi connectivity index (χ2n) is 7.95. The maximum atomic E-state index is 11.8. The zero-order valence-corrected chi connectivity index (χ0v) is 23.4. The third-order valence-electron chi connectivity index (χ3n) is 5.13. The van der Waals surface area contributed by atoms with Gasteiger partial charge in [-0.05, 0) is 40.8 Å². The van der Waals surface area contributed by atoms with E-state index in [-0.39, 0.29) is 6.61 Å². The van der Waals surface area contributed by atoms with Crippen LogP contribution < -0.4 is 16.2 Å². The molecule has 0 amide bonds. The quantitative estimate of drug-likeness (QED) is 0.114. The molecule has 1 heterocycles. The first-order valence-electron chi connectivity index (χ1n) is 12.3. The van der Waals surface area contributed by atoms with Crippen LogP contribution in [0.2, 0.25) is 0 Å². The lowest BCUT2D eigenvalue weighted by atomic mass is 10.1. The van der Waals surface area contributed by atoms with Gasteiger partial charge in [0.05, 0.1) is 77.3 Å². The van der Waals surface area contributed by atoms with Crippen LogP contribution in [0.4, 0.5) is 15.9 Å². The van der Waals surface area contributed by atoms with Gasteiger partial charge in [-0.15, -0.1) is 0 Å². The molecular weight excluding hydrogens is 610 g/mol. The largest absolute Gasteiger partial charge is 0.489 e. The van der Waals surface area contributed by atoms with Gasteiger partial charge < -0.3 is 39.9 Å². The third kappa shape index (κ3) is 10.4. The van der Waals surface area contributed by atoms with Crippen molar-refractivity contribution in [1.82, 2.24) is 9.97 Å². The molecule has 10 nitrogen and oxygen atoms in total. The summed E-state index contributed by atoms with van der Waals surface area (Å²) in [7, 11) is 0. The summed E-state index contributed by atoms with van der Waals surface area (Å²) < 4.78 is 45.4. The van der Waals surface area contributed by atoms with Gasteiger partial charge in [0.2, 0.25) is 0 Å². The van der Waals surface area contributed by atoms with E-state index in [9.17, 15) is 4.39 Å². The first-order valence-corrected chi connectivity index (χ1v) is 13.4. The fourth-order valence-electron chi connectivity index (χ4n) is 3.33. The molecule has 0 aliphatic rings. The van der Waals surface area contributed by atoms with Crippen molar-refractivity contribution in [3.05, 3.63) is 40.0 Å². The maximum absolute atomic E-state index is 11.8. The molecule has 0 aliphatic heterocycles. The van der Waals surface area contributed by atoms with E-state index in [2.05, 4.69) is 32.6 Å². The summed E-state index contributed by atoms with van der Waals surface area (Å²) in [6.07, 6.45) is 0. The Morgan fingerprint density at radius 2 is 1.29 bits per heavy atom. The molecule has 0 atom stereocenters. The Kier molecular flexibility index (Phi) is 13.7. The van der Waals surface area contributed by atoms with Crippen LogP contribution in [-0.2, 0) is 23.7 Å². The molecular formula is C26H34FIN4O6. The SMILES string of the molecule is Nc1cc2c(N)nc(-c3cccc(I)c3)nc2cc1OCCOCCOCCOCCOCCOCCF. The fraction of sp³-hybridized carbons (Fsp3) is 0.462. The highest BCUT2D eigenvalue weighted by molar-refractivity contribution is 14.1. The van der Waals surface area contributed by atoms with Crippen molar-refractivity contribution in [2.75, 3.05) is 90.8 Å². The van der Waals surface area contributed by atoms with Gasteiger partial charge >= 0.3 is 0 Å². The number of hydrogen-bond acceptors (Lipinski definition) is 10. The molecule has 4 N–H and O–H groups in total. The Morgan fingerprint density at radius 3 is 1.87 bits per heavy atom. The summed E-state index contributed by atoms with van der Waals surface area (Å²) in [5.74, 6) is 1.42. The number of nitrogens with two attached hydrogens (primary N) is 2. The van der Waals surface area contributed by atoms with Crippen molar-refractivity contribution in [2.45, 2.75) is 0 Å². The zero-order chi connectivity index (χ0) is 27.0. The number of hydrogen-bond donors (Lipinski definition) is 2. The van der Waals surface area contributed by atoms with Gasteiger partial charge in [-0.2, -0.15) is 0 Å². The van der Waals surface area contributed by atoms with Gasteiger partial charge in [-0.3, -0.25) is 0 Å². The number of fused-ring (bicyclic) bond motifs is 1. The second-order valence-corrected chi connectivity index (χ2v) is 9.19. The van der Waals surface area contributed by atoms with Crippen molar-refractivity contribution >= 4 is 45.0 Å². The fourth-order valence-corrected chi connectivity index (χ4v) is 3.87. The molecule has 208 valence electrons. The van der Waals surface area contributed by atoms with Gasteiger partial charge in [-0.25, -0.2) is 14.4 Å². The highest BCUT2D eigenvalue weighted by Gasteiger charge is 2.12. The number of nitrogens with zero attached hydrogens (tertiary/aromatic N) is 2. The topological polar surface area (TPSA) is 133 Å². The van der Waals surface area contributed by atoms with E-state index >= 15 is 0 Å². The smallest absolute Gasteiger partial charge is 0.162 e. The Morgan fingerprint density at radius 1 is 0.711 bits per heavy atom.